The van der Waals surface area contributed by atoms with E-state index in [1.54, 1.807) is 66.7 Å². The lowest BCUT2D eigenvalue weighted by atomic mass is 10.1. The zero-order valence-electron chi connectivity index (χ0n) is 20.2. The molecule has 3 aromatic rings. The van der Waals surface area contributed by atoms with E-state index >= 15 is 0 Å². The fourth-order valence-electron chi connectivity index (χ4n) is 3.64. The molecule has 0 bridgehead atoms. The molecule has 0 aromatic heterocycles. The second-order valence-electron chi connectivity index (χ2n) is 7.45. The highest BCUT2D eigenvalue weighted by molar-refractivity contribution is 8.19. The van der Waals surface area contributed by atoms with Gasteiger partial charge in [-0.05, 0) is 59.8 Å². The number of amides is 2. The van der Waals surface area contributed by atoms with Crippen LogP contribution in [0.3, 0.4) is 0 Å². The Morgan fingerprint density at radius 3 is 2.06 bits per heavy atom. The zero-order chi connectivity index (χ0) is 25.7. The third-order valence-corrected chi connectivity index (χ3v) is 6.30. The number of carbonyl (C=O) groups excluding carboxylic acids is 2. The summed E-state index contributed by atoms with van der Waals surface area (Å²) < 4.78 is 21.7. The van der Waals surface area contributed by atoms with Crippen LogP contribution >= 0.6 is 11.8 Å². The first-order valence-corrected chi connectivity index (χ1v) is 11.7. The molecule has 1 heterocycles. The number of carbonyl (C=O) groups is 2. The van der Waals surface area contributed by atoms with E-state index < -0.39 is 5.91 Å². The summed E-state index contributed by atoms with van der Waals surface area (Å²) >= 11 is 1.09. The third-order valence-electron chi connectivity index (χ3n) is 5.34. The first-order chi connectivity index (χ1) is 17.5. The Morgan fingerprint density at radius 1 is 0.833 bits per heavy atom. The molecule has 36 heavy (non-hydrogen) atoms. The van der Waals surface area contributed by atoms with Crippen LogP contribution in [0.5, 0.6) is 23.0 Å². The van der Waals surface area contributed by atoms with Crippen molar-refractivity contribution in [1.29, 1.82) is 0 Å². The highest BCUT2D eigenvalue weighted by Crippen LogP contribution is 2.42. The van der Waals surface area contributed by atoms with Gasteiger partial charge in [0, 0.05) is 5.56 Å². The highest BCUT2D eigenvalue weighted by Gasteiger charge is 2.37. The lowest BCUT2D eigenvalue weighted by molar-refractivity contribution is -0.113. The molecule has 2 amide bonds. The van der Waals surface area contributed by atoms with Crippen LogP contribution in [0.1, 0.15) is 15.9 Å². The Labute approximate surface area is 213 Å². The SMILES string of the molecule is COc1ccccc1N1C(=O)/C(=C/c2cc(OC)c(OC)c(OC)c2)SC1=NC(=O)c1ccccc1. The topological polar surface area (TPSA) is 86.7 Å². The van der Waals surface area contributed by atoms with Gasteiger partial charge in [0.15, 0.2) is 16.7 Å². The quantitative estimate of drug-likeness (QED) is 0.417. The Hall–Kier alpha value is -4.24. The predicted octanol–water partition coefficient (Wildman–Crippen LogP) is 5.04. The minimum atomic E-state index is -0.458. The first-order valence-electron chi connectivity index (χ1n) is 10.9. The van der Waals surface area contributed by atoms with E-state index in [0.29, 0.717) is 44.7 Å². The van der Waals surface area contributed by atoms with Crippen LogP contribution in [0.25, 0.3) is 6.08 Å². The average Bonchev–Trinajstić information content (AvgIpc) is 3.21. The Morgan fingerprint density at radius 2 is 1.44 bits per heavy atom. The number of methoxy groups -OCH3 is 4. The highest BCUT2D eigenvalue weighted by atomic mass is 32.2. The summed E-state index contributed by atoms with van der Waals surface area (Å²) in [5.41, 5.74) is 1.54. The van der Waals surface area contributed by atoms with E-state index in [0.717, 1.165) is 11.8 Å². The van der Waals surface area contributed by atoms with Crippen LogP contribution in [-0.2, 0) is 4.79 Å². The number of benzene rings is 3. The van der Waals surface area contributed by atoms with Crippen LogP contribution in [0, 0.1) is 0 Å². The molecule has 184 valence electrons. The third kappa shape index (κ3) is 4.92. The average molecular weight is 505 g/mol. The van der Waals surface area contributed by atoms with Gasteiger partial charge < -0.3 is 18.9 Å². The lowest BCUT2D eigenvalue weighted by Crippen LogP contribution is -2.29. The standard InChI is InChI=1S/C27H24N2O6S/c1-32-20-13-9-8-12-19(20)29-26(31)23(36-27(29)28-25(30)18-10-6-5-7-11-18)16-17-14-21(33-2)24(35-4)22(15-17)34-3/h5-16H,1-4H3/b23-16-,28-27?. The molecule has 0 spiro atoms. The van der Waals surface area contributed by atoms with Gasteiger partial charge in [-0.2, -0.15) is 4.99 Å². The van der Waals surface area contributed by atoms with Crippen molar-refractivity contribution in [2.75, 3.05) is 33.3 Å². The number of nitrogens with zero attached hydrogens (tertiary/aromatic N) is 2. The summed E-state index contributed by atoms with van der Waals surface area (Å²) in [6.07, 6.45) is 1.69. The van der Waals surface area contributed by atoms with Gasteiger partial charge in [-0.25, -0.2) is 0 Å². The fraction of sp³-hybridized carbons (Fsp3) is 0.148. The second-order valence-corrected chi connectivity index (χ2v) is 8.46. The van der Waals surface area contributed by atoms with Gasteiger partial charge in [0.1, 0.15) is 5.75 Å². The minimum Gasteiger partial charge on any atom is -0.495 e. The summed E-state index contributed by atoms with van der Waals surface area (Å²) in [5.74, 6) is 1.01. The van der Waals surface area contributed by atoms with Crippen molar-refractivity contribution in [1.82, 2.24) is 0 Å². The number of anilines is 1. The van der Waals surface area contributed by atoms with Gasteiger partial charge in [0.25, 0.3) is 11.8 Å². The monoisotopic (exact) mass is 504 g/mol. The Bertz CT molecular complexity index is 1330. The molecule has 0 saturated carbocycles. The number of amidine groups is 1. The number of aliphatic imine (C=N–C) groups is 1. The normalized spacial score (nSPS) is 15.3. The number of para-hydroxylation sites is 2. The van der Waals surface area contributed by atoms with Crippen molar-refractivity contribution in [3.63, 3.8) is 0 Å². The van der Waals surface area contributed by atoms with Crippen molar-refractivity contribution in [3.8, 4) is 23.0 Å². The van der Waals surface area contributed by atoms with Crippen LogP contribution in [-0.4, -0.2) is 45.4 Å². The smallest absolute Gasteiger partial charge is 0.279 e. The number of hydrogen-bond donors (Lipinski definition) is 0. The van der Waals surface area contributed by atoms with Gasteiger partial charge in [-0.3, -0.25) is 14.5 Å². The van der Waals surface area contributed by atoms with Crippen molar-refractivity contribution in [2.45, 2.75) is 0 Å². The Kier molecular flexibility index (Phi) is 7.60. The summed E-state index contributed by atoms with van der Waals surface area (Å²) in [6.45, 7) is 0. The number of hydrogen-bond acceptors (Lipinski definition) is 7. The van der Waals surface area contributed by atoms with Gasteiger partial charge in [0.05, 0.1) is 39.0 Å². The van der Waals surface area contributed by atoms with E-state index in [9.17, 15) is 9.59 Å². The molecule has 0 atom stereocenters. The molecular weight excluding hydrogens is 480 g/mol. The molecule has 1 fully saturated rings. The summed E-state index contributed by atoms with van der Waals surface area (Å²) in [7, 11) is 6.08. The van der Waals surface area contributed by atoms with Gasteiger partial charge in [-0.1, -0.05) is 30.3 Å². The van der Waals surface area contributed by atoms with Crippen molar-refractivity contribution < 1.29 is 28.5 Å². The van der Waals surface area contributed by atoms with E-state index in [-0.39, 0.29) is 11.1 Å². The second kappa shape index (κ2) is 11.0. The molecule has 8 nitrogen and oxygen atoms in total. The molecule has 0 radical (unpaired) electrons. The van der Waals surface area contributed by atoms with Crippen molar-refractivity contribution >= 4 is 40.5 Å². The maximum absolute atomic E-state index is 13.6. The maximum atomic E-state index is 13.6. The maximum Gasteiger partial charge on any atom is 0.279 e. The largest absolute Gasteiger partial charge is 0.495 e. The van der Waals surface area contributed by atoms with Crippen LogP contribution in [0.15, 0.2) is 76.6 Å². The van der Waals surface area contributed by atoms with Gasteiger partial charge >= 0.3 is 0 Å². The summed E-state index contributed by atoms with van der Waals surface area (Å²) in [5, 5.41) is 0.219. The molecule has 1 aliphatic heterocycles. The molecule has 3 aromatic carbocycles. The van der Waals surface area contributed by atoms with E-state index in [4.69, 9.17) is 18.9 Å². The minimum absolute atomic E-state index is 0.219. The lowest BCUT2D eigenvalue weighted by Gasteiger charge is -2.18. The molecule has 9 heteroatoms. The fourth-order valence-corrected chi connectivity index (χ4v) is 4.62. The van der Waals surface area contributed by atoms with E-state index in [2.05, 4.69) is 4.99 Å². The summed E-state index contributed by atoms with van der Waals surface area (Å²) in [6, 6.07) is 19.2. The molecular formula is C27H24N2O6S. The van der Waals surface area contributed by atoms with Crippen LogP contribution < -0.4 is 23.8 Å². The number of rotatable bonds is 7. The molecule has 0 aliphatic carbocycles. The predicted molar refractivity (Wildman–Crippen MR) is 140 cm³/mol. The van der Waals surface area contributed by atoms with Crippen molar-refractivity contribution in [3.05, 3.63) is 82.8 Å². The molecule has 1 saturated heterocycles. The zero-order valence-corrected chi connectivity index (χ0v) is 21.0. The Balaban J connectivity index is 1.81. The van der Waals surface area contributed by atoms with Crippen LogP contribution in [0.4, 0.5) is 5.69 Å². The molecule has 0 unspecified atom stereocenters. The van der Waals surface area contributed by atoms with E-state index in [1.807, 2.05) is 6.07 Å². The van der Waals surface area contributed by atoms with Gasteiger partial charge in [-0.15, -0.1) is 0 Å². The van der Waals surface area contributed by atoms with E-state index in [1.165, 1.54) is 33.3 Å². The molecule has 1 aliphatic rings. The number of ether oxygens (including phenoxy) is 4. The summed E-state index contributed by atoms with van der Waals surface area (Å²) in [4.78, 5) is 32.6. The van der Waals surface area contributed by atoms with Gasteiger partial charge in [0.2, 0.25) is 5.75 Å². The number of thioether (sulfide) groups is 1. The molecule has 4 rings (SSSR count). The van der Waals surface area contributed by atoms with Crippen molar-refractivity contribution in [2.24, 2.45) is 4.99 Å². The first kappa shape index (κ1) is 24.9. The molecule has 0 N–H and O–H groups in total. The van der Waals surface area contributed by atoms with Crippen LogP contribution in [0.2, 0.25) is 0 Å².